The first-order valence-electron chi connectivity index (χ1n) is 5.72. The Morgan fingerprint density at radius 1 is 1.59 bits per heavy atom. The second-order valence-corrected chi connectivity index (χ2v) is 4.06. The summed E-state index contributed by atoms with van der Waals surface area (Å²) in [7, 11) is 0. The predicted molar refractivity (Wildman–Crippen MR) is 66.9 cm³/mol. The quantitative estimate of drug-likeness (QED) is 0.729. The van der Waals surface area contributed by atoms with Crippen molar-refractivity contribution in [3.63, 3.8) is 0 Å². The van der Waals surface area contributed by atoms with Crippen molar-refractivity contribution in [2.24, 2.45) is 0 Å². The van der Waals surface area contributed by atoms with Crippen LogP contribution >= 0.6 is 0 Å². The number of rotatable bonds is 5. The van der Waals surface area contributed by atoms with Gasteiger partial charge in [0.25, 0.3) is 0 Å². The Morgan fingerprint density at radius 3 is 3.00 bits per heavy atom. The summed E-state index contributed by atoms with van der Waals surface area (Å²) in [4.78, 5) is 15.6. The van der Waals surface area contributed by atoms with Gasteiger partial charge in [0.1, 0.15) is 0 Å². The Labute approximate surface area is 101 Å². The first-order valence-corrected chi connectivity index (χ1v) is 5.72. The molecule has 0 bridgehead atoms. The molecule has 0 spiro atoms. The van der Waals surface area contributed by atoms with E-state index in [-0.39, 0.29) is 18.7 Å². The van der Waals surface area contributed by atoms with E-state index in [1.165, 1.54) is 0 Å². The number of hydrogen-bond acceptors (Lipinski definition) is 3. The van der Waals surface area contributed by atoms with Crippen molar-refractivity contribution in [1.29, 1.82) is 0 Å². The molecule has 0 aromatic carbocycles. The standard InChI is InChI=1S/C12H19N3O2/c1-9-8-13-6-5-11(9)15-12(17)14-10(2)4-3-7-16/h5-6,8,10,16H,3-4,7H2,1-2H3,(H2,13,14,15,17). The fourth-order valence-corrected chi connectivity index (χ4v) is 1.47. The highest BCUT2D eigenvalue weighted by Crippen LogP contribution is 2.11. The molecule has 3 N–H and O–H groups in total. The van der Waals surface area contributed by atoms with Gasteiger partial charge in [-0.25, -0.2) is 4.79 Å². The number of nitrogens with zero attached hydrogens (tertiary/aromatic N) is 1. The highest BCUT2D eigenvalue weighted by molar-refractivity contribution is 5.90. The van der Waals surface area contributed by atoms with E-state index < -0.39 is 0 Å². The minimum Gasteiger partial charge on any atom is -0.396 e. The number of carbonyl (C=O) groups excluding carboxylic acids is 1. The van der Waals surface area contributed by atoms with E-state index in [0.29, 0.717) is 6.42 Å². The van der Waals surface area contributed by atoms with E-state index in [1.807, 2.05) is 13.8 Å². The smallest absolute Gasteiger partial charge is 0.319 e. The molecule has 1 aromatic rings. The molecule has 1 heterocycles. The molecule has 0 radical (unpaired) electrons. The fourth-order valence-electron chi connectivity index (χ4n) is 1.47. The summed E-state index contributed by atoms with van der Waals surface area (Å²) < 4.78 is 0. The molecule has 1 aromatic heterocycles. The molecule has 0 saturated carbocycles. The minimum absolute atomic E-state index is 0.0456. The van der Waals surface area contributed by atoms with Crippen LogP contribution in [-0.4, -0.2) is 28.8 Å². The topological polar surface area (TPSA) is 74.2 Å². The normalized spacial score (nSPS) is 11.9. The first kappa shape index (κ1) is 13.4. The Kier molecular flexibility index (Phi) is 5.42. The van der Waals surface area contributed by atoms with Crippen molar-refractivity contribution in [3.05, 3.63) is 24.0 Å². The average Bonchev–Trinajstić information content (AvgIpc) is 2.29. The lowest BCUT2D eigenvalue weighted by Gasteiger charge is -2.14. The van der Waals surface area contributed by atoms with Crippen LogP contribution in [-0.2, 0) is 0 Å². The summed E-state index contributed by atoms with van der Waals surface area (Å²) in [5, 5.41) is 14.3. The number of amides is 2. The van der Waals surface area contributed by atoms with Gasteiger partial charge in [0.15, 0.2) is 0 Å². The highest BCUT2D eigenvalue weighted by Gasteiger charge is 2.07. The van der Waals surface area contributed by atoms with Crippen LogP contribution in [0.15, 0.2) is 18.5 Å². The Morgan fingerprint density at radius 2 is 2.35 bits per heavy atom. The van der Waals surface area contributed by atoms with Gasteiger partial charge in [-0.1, -0.05) is 0 Å². The van der Waals surface area contributed by atoms with Crippen molar-refractivity contribution in [3.8, 4) is 0 Å². The molecule has 1 rings (SSSR count). The first-order chi connectivity index (χ1) is 8.13. The lowest BCUT2D eigenvalue weighted by Crippen LogP contribution is -2.36. The van der Waals surface area contributed by atoms with Gasteiger partial charge in [-0.05, 0) is 38.3 Å². The van der Waals surface area contributed by atoms with E-state index in [2.05, 4.69) is 15.6 Å². The Hall–Kier alpha value is -1.62. The van der Waals surface area contributed by atoms with E-state index in [4.69, 9.17) is 5.11 Å². The van der Waals surface area contributed by atoms with Crippen LogP contribution in [0, 0.1) is 6.92 Å². The maximum absolute atomic E-state index is 11.6. The third-order valence-corrected chi connectivity index (χ3v) is 2.44. The van der Waals surface area contributed by atoms with Gasteiger partial charge in [0, 0.05) is 30.7 Å². The minimum atomic E-state index is -0.232. The van der Waals surface area contributed by atoms with Gasteiger partial charge in [-0.3, -0.25) is 4.98 Å². The number of aliphatic hydroxyl groups is 1. The molecule has 17 heavy (non-hydrogen) atoms. The van der Waals surface area contributed by atoms with Gasteiger partial charge in [-0.15, -0.1) is 0 Å². The molecule has 1 atom stereocenters. The van der Waals surface area contributed by atoms with Crippen molar-refractivity contribution < 1.29 is 9.90 Å². The number of aliphatic hydroxyl groups excluding tert-OH is 1. The molecule has 5 heteroatoms. The molecular formula is C12H19N3O2. The number of urea groups is 1. The van der Waals surface area contributed by atoms with Crippen LogP contribution in [0.5, 0.6) is 0 Å². The average molecular weight is 237 g/mol. The summed E-state index contributed by atoms with van der Waals surface area (Å²) in [6.45, 7) is 3.95. The SMILES string of the molecule is Cc1cnccc1NC(=O)NC(C)CCCO. The summed E-state index contributed by atoms with van der Waals surface area (Å²) in [6.07, 6.45) is 4.79. The monoisotopic (exact) mass is 237 g/mol. The molecule has 94 valence electrons. The summed E-state index contributed by atoms with van der Waals surface area (Å²) in [5.74, 6) is 0. The van der Waals surface area contributed by atoms with Gasteiger partial charge in [-0.2, -0.15) is 0 Å². The molecule has 0 fully saturated rings. The van der Waals surface area contributed by atoms with Crippen molar-refractivity contribution in [2.45, 2.75) is 32.7 Å². The molecule has 2 amide bonds. The van der Waals surface area contributed by atoms with Crippen LogP contribution in [0.1, 0.15) is 25.3 Å². The van der Waals surface area contributed by atoms with E-state index in [1.54, 1.807) is 18.5 Å². The molecule has 0 aliphatic carbocycles. The van der Waals surface area contributed by atoms with E-state index in [9.17, 15) is 4.79 Å². The molecule has 0 saturated heterocycles. The second-order valence-electron chi connectivity index (χ2n) is 4.06. The Balaban J connectivity index is 2.42. The number of pyridine rings is 1. The fraction of sp³-hybridized carbons (Fsp3) is 0.500. The maximum atomic E-state index is 11.6. The van der Waals surface area contributed by atoms with Crippen LogP contribution in [0.3, 0.4) is 0 Å². The van der Waals surface area contributed by atoms with Crippen LogP contribution < -0.4 is 10.6 Å². The summed E-state index contributed by atoms with van der Waals surface area (Å²) >= 11 is 0. The zero-order valence-electron chi connectivity index (χ0n) is 10.2. The van der Waals surface area contributed by atoms with Gasteiger partial charge < -0.3 is 15.7 Å². The third-order valence-electron chi connectivity index (χ3n) is 2.44. The van der Waals surface area contributed by atoms with Crippen molar-refractivity contribution in [2.75, 3.05) is 11.9 Å². The van der Waals surface area contributed by atoms with Crippen molar-refractivity contribution in [1.82, 2.24) is 10.3 Å². The molecule has 0 aliphatic rings. The number of aryl methyl sites for hydroxylation is 1. The van der Waals surface area contributed by atoms with E-state index >= 15 is 0 Å². The number of carbonyl (C=O) groups is 1. The number of hydrogen-bond donors (Lipinski definition) is 3. The van der Waals surface area contributed by atoms with E-state index in [0.717, 1.165) is 17.7 Å². The van der Waals surface area contributed by atoms with Gasteiger partial charge in [0.05, 0.1) is 0 Å². The number of aromatic nitrogens is 1. The van der Waals surface area contributed by atoms with Crippen molar-refractivity contribution >= 4 is 11.7 Å². The predicted octanol–water partition coefficient (Wildman–Crippen LogP) is 1.67. The van der Waals surface area contributed by atoms with Crippen LogP contribution in [0.4, 0.5) is 10.5 Å². The second kappa shape index (κ2) is 6.85. The maximum Gasteiger partial charge on any atom is 0.319 e. The molecule has 5 nitrogen and oxygen atoms in total. The Bertz CT molecular complexity index is 369. The summed E-state index contributed by atoms with van der Waals surface area (Å²) in [5.41, 5.74) is 1.68. The zero-order chi connectivity index (χ0) is 12.7. The lowest BCUT2D eigenvalue weighted by atomic mass is 10.2. The van der Waals surface area contributed by atoms with Gasteiger partial charge in [0.2, 0.25) is 0 Å². The summed E-state index contributed by atoms with van der Waals surface area (Å²) in [6, 6.07) is 1.57. The number of anilines is 1. The van der Waals surface area contributed by atoms with Crippen LogP contribution in [0.25, 0.3) is 0 Å². The lowest BCUT2D eigenvalue weighted by molar-refractivity contribution is 0.245. The zero-order valence-corrected chi connectivity index (χ0v) is 10.2. The van der Waals surface area contributed by atoms with Gasteiger partial charge >= 0.3 is 6.03 Å². The van der Waals surface area contributed by atoms with Crippen LogP contribution in [0.2, 0.25) is 0 Å². The number of nitrogens with one attached hydrogen (secondary N) is 2. The largest absolute Gasteiger partial charge is 0.396 e. The molecular weight excluding hydrogens is 218 g/mol. The highest BCUT2D eigenvalue weighted by atomic mass is 16.3. The molecule has 1 unspecified atom stereocenters. The molecule has 0 aliphatic heterocycles. The third kappa shape index (κ3) is 4.82.